The molecule has 63 heavy (non-hydrogen) atoms. The first kappa shape index (κ1) is 35.8. The molecule has 0 fully saturated rings. The number of nitrogens with zero attached hydrogens (tertiary/aromatic N) is 1. The summed E-state index contributed by atoms with van der Waals surface area (Å²) in [6.07, 6.45) is 0. The quantitative estimate of drug-likeness (QED) is 0.161. The van der Waals surface area contributed by atoms with E-state index < -0.39 is 0 Å². The van der Waals surface area contributed by atoms with E-state index in [9.17, 15) is 0 Å². The van der Waals surface area contributed by atoms with Gasteiger partial charge in [-0.1, -0.05) is 166 Å². The van der Waals surface area contributed by atoms with E-state index in [4.69, 9.17) is 4.42 Å². The predicted molar refractivity (Wildman–Crippen MR) is 267 cm³/mol. The molecule has 2 nitrogen and oxygen atoms in total. The Labute approximate surface area is 365 Å². The SMILES string of the molecule is CC1(C)c2ccccc2-c2ccc(N(c3ccc(-c4ccc5ccccc5c4)cc3)c3cccc(-c4cccc5c6ccc7oc8ccccc8c7c6c6ccccc6c45)c3)cc21. The van der Waals surface area contributed by atoms with Gasteiger partial charge in [0.25, 0.3) is 0 Å². The van der Waals surface area contributed by atoms with Crippen LogP contribution in [0.5, 0.6) is 0 Å². The van der Waals surface area contributed by atoms with Crippen LogP contribution in [0.2, 0.25) is 0 Å². The molecule has 1 aliphatic rings. The van der Waals surface area contributed by atoms with Crippen molar-refractivity contribution in [2.75, 3.05) is 4.90 Å². The molecule has 0 saturated carbocycles. The Morgan fingerprint density at radius 3 is 1.81 bits per heavy atom. The number of anilines is 3. The summed E-state index contributed by atoms with van der Waals surface area (Å²) in [6, 6.07) is 78.0. The van der Waals surface area contributed by atoms with Crippen LogP contribution in [0.1, 0.15) is 25.0 Å². The van der Waals surface area contributed by atoms with E-state index in [1.165, 1.54) is 93.0 Å². The van der Waals surface area contributed by atoms with Crippen LogP contribution >= 0.6 is 0 Å². The van der Waals surface area contributed by atoms with E-state index in [1.807, 2.05) is 6.07 Å². The molecule has 11 aromatic carbocycles. The fourth-order valence-corrected chi connectivity index (χ4v) is 10.8. The average Bonchev–Trinajstić information content (AvgIpc) is 3.83. The molecule has 1 heterocycles. The first-order valence-electron chi connectivity index (χ1n) is 21.9. The summed E-state index contributed by atoms with van der Waals surface area (Å²) in [4.78, 5) is 2.44. The largest absolute Gasteiger partial charge is 0.456 e. The third-order valence-corrected chi connectivity index (χ3v) is 13.8. The van der Waals surface area contributed by atoms with Gasteiger partial charge in [-0.2, -0.15) is 0 Å². The molecule has 1 aromatic heterocycles. The zero-order valence-electron chi connectivity index (χ0n) is 35.1. The average molecular weight is 804 g/mol. The van der Waals surface area contributed by atoms with Crippen LogP contribution < -0.4 is 4.90 Å². The Balaban J connectivity index is 1.00. The van der Waals surface area contributed by atoms with Crippen molar-refractivity contribution in [3.8, 4) is 33.4 Å². The first-order valence-corrected chi connectivity index (χ1v) is 21.9. The smallest absolute Gasteiger partial charge is 0.136 e. The highest BCUT2D eigenvalue weighted by atomic mass is 16.3. The normalized spacial score (nSPS) is 13.0. The fourth-order valence-electron chi connectivity index (χ4n) is 10.8. The molecule has 0 atom stereocenters. The lowest BCUT2D eigenvalue weighted by Crippen LogP contribution is -2.16. The molecule has 13 rings (SSSR count). The third kappa shape index (κ3) is 5.38. The second-order valence-electron chi connectivity index (χ2n) is 17.6. The molecule has 0 N–H and O–H groups in total. The van der Waals surface area contributed by atoms with Gasteiger partial charge >= 0.3 is 0 Å². The zero-order valence-corrected chi connectivity index (χ0v) is 35.1. The molecule has 0 bridgehead atoms. The molecule has 2 heteroatoms. The van der Waals surface area contributed by atoms with Gasteiger partial charge in [0.2, 0.25) is 0 Å². The van der Waals surface area contributed by atoms with E-state index >= 15 is 0 Å². The van der Waals surface area contributed by atoms with Crippen molar-refractivity contribution >= 4 is 82.1 Å². The second-order valence-corrected chi connectivity index (χ2v) is 17.6. The molecule has 296 valence electrons. The van der Waals surface area contributed by atoms with Crippen molar-refractivity contribution in [1.82, 2.24) is 0 Å². The summed E-state index contributed by atoms with van der Waals surface area (Å²) in [5.74, 6) is 0. The summed E-state index contributed by atoms with van der Waals surface area (Å²) in [5.41, 5.74) is 15.2. The van der Waals surface area contributed by atoms with Gasteiger partial charge < -0.3 is 9.32 Å². The van der Waals surface area contributed by atoms with E-state index in [0.29, 0.717) is 0 Å². The van der Waals surface area contributed by atoms with Crippen LogP contribution in [-0.4, -0.2) is 0 Å². The molecule has 1 aliphatic carbocycles. The molecular formula is C61H41NO. The van der Waals surface area contributed by atoms with E-state index in [-0.39, 0.29) is 5.41 Å². The number of fused-ring (bicyclic) bond motifs is 14. The maximum absolute atomic E-state index is 6.42. The number of furan rings is 1. The second kappa shape index (κ2) is 13.5. The molecule has 0 spiro atoms. The molecule has 0 amide bonds. The first-order chi connectivity index (χ1) is 31.0. The van der Waals surface area contributed by atoms with Crippen molar-refractivity contribution in [1.29, 1.82) is 0 Å². The summed E-state index contributed by atoms with van der Waals surface area (Å²) in [5, 5.41) is 12.3. The topological polar surface area (TPSA) is 16.4 Å². The fraction of sp³-hybridized carbons (Fsp3) is 0.0492. The Hall–Kier alpha value is -7.94. The molecule has 0 aliphatic heterocycles. The Morgan fingerprint density at radius 2 is 0.952 bits per heavy atom. The number of benzene rings is 11. The van der Waals surface area contributed by atoms with Gasteiger partial charge in [-0.25, -0.2) is 0 Å². The lowest BCUT2D eigenvalue weighted by molar-refractivity contribution is 0.660. The lowest BCUT2D eigenvalue weighted by atomic mass is 9.82. The van der Waals surface area contributed by atoms with Crippen molar-refractivity contribution in [2.45, 2.75) is 19.3 Å². The van der Waals surface area contributed by atoms with E-state index in [1.54, 1.807) is 0 Å². The summed E-state index contributed by atoms with van der Waals surface area (Å²) in [7, 11) is 0. The molecular weight excluding hydrogens is 763 g/mol. The van der Waals surface area contributed by atoms with Gasteiger partial charge in [0, 0.05) is 38.6 Å². The number of hydrogen-bond donors (Lipinski definition) is 0. The van der Waals surface area contributed by atoms with E-state index in [0.717, 1.165) is 33.6 Å². The summed E-state index contributed by atoms with van der Waals surface area (Å²) < 4.78 is 6.42. The minimum Gasteiger partial charge on any atom is -0.456 e. The van der Waals surface area contributed by atoms with Gasteiger partial charge in [0.05, 0.1) is 0 Å². The Morgan fingerprint density at radius 1 is 0.333 bits per heavy atom. The minimum absolute atomic E-state index is 0.128. The Kier molecular flexibility index (Phi) is 7.68. The van der Waals surface area contributed by atoms with Crippen LogP contribution in [0.3, 0.4) is 0 Å². The monoisotopic (exact) mass is 803 g/mol. The Bertz CT molecular complexity index is 3800. The van der Waals surface area contributed by atoms with Crippen LogP contribution in [0, 0.1) is 0 Å². The van der Waals surface area contributed by atoms with Crippen LogP contribution in [-0.2, 0) is 5.41 Å². The lowest BCUT2D eigenvalue weighted by Gasteiger charge is -2.28. The number of hydrogen-bond acceptors (Lipinski definition) is 2. The van der Waals surface area contributed by atoms with Crippen molar-refractivity contribution in [2.24, 2.45) is 0 Å². The number of rotatable bonds is 5. The predicted octanol–water partition coefficient (Wildman–Crippen LogP) is 17.3. The highest BCUT2D eigenvalue weighted by molar-refractivity contribution is 6.36. The van der Waals surface area contributed by atoms with Crippen molar-refractivity contribution in [3.63, 3.8) is 0 Å². The number of para-hydroxylation sites is 1. The maximum Gasteiger partial charge on any atom is 0.136 e. The molecule has 0 saturated heterocycles. The van der Waals surface area contributed by atoms with Crippen molar-refractivity contribution < 1.29 is 4.42 Å². The minimum atomic E-state index is -0.128. The summed E-state index contributed by atoms with van der Waals surface area (Å²) >= 11 is 0. The maximum atomic E-state index is 6.42. The van der Waals surface area contributed by atoms with Gasteiger partial charge in [-0.05, 0) is 143 Å². The van der Waals surface area contributed by atoms with Gasteiger partial charge in [-0.3, -0.25) is 0 Å². The van der Waals surface area contributed by atoms with Crippen LogP contribution in [0.25, 0.3) is 98.4 Å². The molecule has 12 aromatic rings. The van der Waals surface area contributed by atoms with Crippen molar-refractivity contribution in [3.05, 3.63) is 223 Å². The van der Waals surface area contributed by atoms with Gasteiger partial charge in [-0.15, -0.1) is 0 Å². The molecule has 0 radical (unpaired) electrons. The van der Waals surface area contributed by atoms with Crippen LogP contribution in [0.4, 0.5) is 17.1 Å². The third-order valence-electron chi connectivity index (χ3n) is 13.8. The molecule has 0 unspecified atom stereocenters. The summed E-state index contributed by atoms with van der Waals surface area (Å²) in [6.45, 7) is 4.72. The van der Waals surface area contributed by atoms with Gasteiger partial charge in [0.15, 0.2) is 0 Å². The van der Waals surface area contributed by atoms with Crippen LogP contribution in [0.15, 0.2) is 217 Å². The standard InChI is InChI=1S/C61H41NO/c1-61(2)54-23-9-7-17-47(54)48-32-31-45(37-55(48)61)62(43-29-27-39(28-30-43)41-26-25-38-13-3-4-14-40(38)35-41)44-16-11-15-42(36-44)46-21-12-22-50-52-33-34-57-60(53-20-8-10-24-56(53)63-57)59(52)51-19-6-5-18-49(51)58(46)50/h3-37H,1-2H3. The zero-order chi connectivity index (χ0) is 41.8. The highest BCUT2D eigenvalue weighted by Gasteiger charge is 2.35. The van der Waals surface area contributed by atoms with Gasteiger partial charge in [0.1, 0.15) is 11.2 Å². The highest BCUT2D eigenvalue weighted by Crippen LogP contribution is 2.51. The van der Waals surface area contributed by atoms with E-state index in [2.05, 4.69) is 225 Å².